The van der Waals surface area contributed by atoms with Crippen molar-refractivity contribution < 1.29 is 4.79 Å². The number of para-hydroxylation sites is 1. The standard InChI is InChI=1S/C21H22N2O/c24-20-21-12-7-13-23(21)19(16-8-3-1-4-9-16)14-17(21)15-22(20)18-10-5-2-6-11-18/h1-6,8-11,17,19H,7,12-15H2. The fourth-order valence-corrected chi connectivity index (χ4v) is 5.32. The number of carbonyl (C=O) groups is 1. The minimum absolute atomic E-state index is 0.254. The Morgan fingerprint density at radius 2 is 1.67 bits per heavy atom. The molecule has 122 valence electrons. The molecule has 3 aliphatic heterocycles. The van der Waals surface area contributed by atoms with Crippen LogP contribution >= 0.6 is 0 Å². The van der Waals surface area contributed by atoms with Gasteiger partial charge >= 0.3 is 0 Å². The normalized spacial score (nSPS) is 32.2. The minimum atomic E-state index is -0.254. The molecule has 24 heavy (non-hydrogen) atoms. The Hall–Kier alpha value is -2.13. The maximum Gasteiger partial charge on any atom is 0.247 e. The first-order valence-electron chi connectivity index (χ1n) is 8.99. The summed E-state index contributed by atoms with van der Waals surface area (Å²) in [6.07, 6.45) is 3.25. The fourth-order valence-electron chi connectivity index (χ4n) is 5.32. The van der Waals surface area contributed by atoms with E-state index < -0.39 is 0 Å². The van der Waals surface area contributed by atoms with Crippen LogP contribution in [0.3, 0.4) is 0 Å². The monoisotopic (exact) mass is 318 g/mol. The highest BCUT2D eigenvalue weighted by molar-refractivity contribution is 6.03. The molecule has 0 saturated carbocycles. The summed E-state index contributed by atoms with van der Waals surface area (Å²) in [6.45, 7) is 1.91. The number of carbonyl (C=O) groups excluding carboxylic acids is 1. The van der Waals surface area contributed by atoms with Crippen molar-refractivity contribution in [2.45, 2.75) is 30.8 Å². The molecule has 0 bridgehead atoms. The summed E-state index contributed by atoms with van der Waals surface area (Å²) in [4.78, 5) is 18.0. The Bertz CT molecular complexity index is 760. The van der Waals surface area contributed by atoms with E-state index in [1.165, 1.54) is 5.56 Å². The van der Waals surface area contributed by atoms with Crippen LogP contribution in [0.15, 0.2) is 60.7 Å². The second-order valence-electron chi connectivity index (χ2n) is 7.33. The molecule has 3 atom stereocenters. The summed E-state index contributed by atoms with van der Waals surface area (Å²) < 4.78 is 0. The van der Waals surface area contributed by atoms with Crippen molar-refractivity contribution in [3.8, 4) is 0 Å². The summed E-state index contributed by atoms with van der Waals surface area (Å²) in [5, 5.41) is 0. The Labute approximate surface area is 142 Å². The number of anilines is 1. The third-order valence-corrected chi connectivity index (χ3v) is 6.30. The quantitative estimate of drug-likeness (QED) is 0.844. The van der Waals surface area contributed by atoms with Gasteiger partial charge in [0.15, 0.2) is 0 Å². The molecular weight excluding hydrogens is 296 g/mol. The Morgan fingerprint density at radius 1 is 0.958 bits per heavy atom. The lowest BCUT2D eigenvalue weighted by Gasteiger charge is -2.33. The van der Waals surface area contributed by atoms with Gasteiger partial charge in [-0.1, -0.05) is 48.5 Å². The molecule has 2 aromatic carbocycles. The number of benzene rings is 2. The highest BCUT2D eigenvalue weighted by Crippen LogP contribution is 2.56. The number of rotatable bonds is 2. The van der Waals surface area contributed by atoms with E-state index >= 15 is 0 Å². The fraction of sp³-hybridized carbons (Fsp3) is 0.381. The molecule has 0 aromatic heterocycles. The molecule has 3 heterocycles. The summed E-state index contributed by atoms with van der Waals surface area (Å²) in [5.41, 5.74) is 2.16. The summed E-state index contributed by atoms with van der Waals surface area (Å²) >= 11 is 0. The smallest absolute Gasteiger partial charge is 0.247 e. The SMILES string of the molecule is O=C1N(c2ccccc2)CC2CC(c3ccccc3)N3CCCC123. The van der Waals surface area contributed by atoms with Crippen molar-refractivity contribution in [3.05, 3.63) is 66.2 Å². The zero-order valence-electron chi connectivity index (χ0n) is 13.8. The topological polar surface area (TPSA) is 23.6 Å². The van der Waals surface area contributed by atoms with Crippen LogP contribution in [0.1, 0.15) is 30.9 Å². The van der Waals surface area contributed by atoms with Gasteiger partial charge in [0.25, 0.3) is 0 Å². The zero-order chi connectivity index (χ0) is 16.1. The third-order valence-electron chi connectivity index (χ3n) is 6.30. The van der Waals surface area contributed by atoms with E-state index in [0.717, 1.165) is 38.0 Å². The molecule has 3 saturated heterocycles. The van der Waals surface area contributed by atoms with Crippen molar-refractivity contribution >= 4 is 11.6 Å². The highest BCUT2D eigenvalue weighted by Gasteiger charge is 2.65. The van der Waals surface area contributed by atoms with E-state index in [1.807, 2.05) is 23.1 Å². The van der Waals surface area contributed by atoms with Crippen LogP contribution in [0.4, 0.5) is 5.69 Å². The van der Waals surface area contributed by atoms with Gasteiger partial charge in [-0.15, -0.1) is 0 Å². The van der Waals surface area contributed by atoms with E-state index in [-0.39, 0.29) is 5.54 Å². The maximum absolute atomic E-state index is 13.5. The lowest BCUT2D eigenvalue weighted by Crippen LogP contribution is -2.49. The Morgan fingerprint density at radius 3 is 2.42 bits per heavy atom. The van der Waals surface area contributed by atoms with Crippen LogP contribution in [0.5, 0.6) is 0 Å². The molecule has 2 aromatic rings. The number of hydrogen-bond acceptors (Lipinski definition) is 2. The lowest BCUT2D eigenvalue weighted by atomic mass is 9.85. The molecule has 3 aliphatic rings. The van der Waals surface area contributed by atoms with Gasteiger partial charge in [0.05, 0.1) is 0 Å². The van der Waals surface area contributed by atoms with Gasteiger partial charge < -0.3 is 4.90 Å². The van der Waals surface area contributed by atoms with Crippen molar-refractivity contribution in [2.24, 2.45) is 5.92 Å². The van der Waals surface area contributed by atoms with Gasteiger partial charge in [-0.25, -0.2) is 0 Å². The van der Waals surface area contributed by atoms with E-state index in [1.54, 1.807) is 0 Å². The Kier molecular flexibility index (Phi) is 3.07. The summed E-state index contributed by atoms with van der Waals surface area (Å²) in [5.74, 6) is 0.771. The lowest BCUT2D eigenvalue weighted by molar-refractivity contribution is -0.126. The molecule has 3 nitrogen and oxygen atoms in total. The number of nitrogens with zero attached hydrogens (tertiary/aromatic N) is 2. The van der Waals surface area contributed by atoms with Crippen molar-refractivity contribution in [2.75, 3.05) is 18.0 Å². The van der Waals surface area contributed by atoms with Gasteiger partial charge in [-0.3, -0.25) is 9.69 Å². The van der Waals surface area contributed by atoms with Gasteiger partial charge in [-0.05, 0) is 43.5 Å². The van der Waals surface area contributed by atoms with E-state index in [4.69, 9.17) is 0 Å². The molecule has 3 heteroatoms. The average Bonchev–Trinajstić information content (AvgIpc) is 3.27. The molecule has 5 rings (SSSR count). The molecule has 3 unspecified atom stereocenters. The average molecular weight is 318 g/mol. The molecule has 0 radical (unpaired) electrons. The van der Waals surface area contributed by atoms with E-state index in [9.17, 15) is 4.79 Å². The second-order valence-corrected chi connectivity index (χ2v) is 7.33. The molecule has 1 amide bonds. The zero-order valence-corrected chi connectivity index (χ0v) is 13.8. The highest BCUT2D eigenvalue weighted by atomic mass is 16.2. The van der Waals surface area contributed by atoms with Gasteiger partial charge in [0.2, 0.25) is 5.91 Å². The molecule has 0 aliphatic carbocycles. The van der Waals surface area contributed by atoms with E-state index in [2.05, 4.69) is 47.4 Å². The third kappa shape index (κ3) is 1.79. The van der Waals surface area contributed by atoms with Gasteiger partial charge in [0.1, 0.15) is 5.54 Å². The van der Waals surface area contributed by atoms with Gasteiger partial charge in [0, 0.05) is 24.2 Å². The largest absolute Gasteiger partial charge is 0.310 e. The van der Waals surface area contributed by atoms with Crippen LogP contribution in [0.25, 0.3) is 0 Å². The van der Waals surface area contributed by atoms with Crippen LogP contribution in [-0.4, -0.2) is 29.4 Å². The van der Waals surface area contributed by atoms with Crippen LogP contribution in [0.2, 0.25) is 0 Å². The van der Waals surface area contributed by atoms with Crippen LogP contribution in [-0.2, 0) is 4.79 Å². The molecule has 1 spiro atoms. The molecule has 0 N–H and O–H groups in total. The number of amides is 1. The first kappa shape index (κ1) is 14.2. The minimum Gasteiger partial charge on any atom is -0.310 e. The predicted octanol–water partition coefficient (Wildman–Crippen LogP) is 3.63. The van der Waals surface area contributed by atoms with E-state index in [0.29, 0.717) is 17.9 Å². The maximum atomic E-state index is 13.5. The molecule has 3 fully saturated rings. The second kappa shape index (κ2) is 5.18. The summed E-state index contributed by atoms with van der Waals surface area (Å²) in [6, 6.07) is 21.3. The summed E-state index contributed by atoms with van der Waals surface area (Å²) in [7, 11) is 0. The van der Waals surface area contributed by atoms with Crippen LogP contribution in [0, 0.1) is 5.92 Å². The molecular formula is C21H22N2O. The predicted molar refractivity (Wildman–Crippen MR) is 94.8 cm³/mol. The van der Waals surface area contributed by atoms with Gasteiger partial charge in [-0.2, -0.15) is 0 Å². The van der Waals surface area contributed by atoms with Crippen molar-refractivity contribution in [1.29, 1.82) is 0 Å². The van der Waals surface area contributed by atoms with Crippen molar-refractivity contribution in [3.63, 3.8) is 0 Å². The first-order valence-corrected chi connectivity index (χ1v) is 8.99. The first-order chi connectivity index (χ1) is 11.8. The van der Waals surface area contributed by atoms with Crippen molar-refractivity contribution in [1.82, 2.24) is 4.90 Å². The Balaban J connectivity index is 1.52. The number of hydrogen-bond donors (Lipinski definition) is 0. The van der Waals surface area contributed by atoms with Crippen LogP contribution < -0.4 is 4.90 Å².